The average Bonchev–Trinajstić information content (AvgIpc) is 3.28. The number of carbonyl (C=O) groups is 1. The predicted octanol–water partition coefficient (Wildman–Crippen LogP) is 4.05. The molecule has 0 aliphatic carbocycles. The Morgan fingerprint density at radius 2 is 2.12 bits per heavy atom. The number of amides is 1. The van der Waals surface area contributed by atoms with E-state index in [9.17, 15) is 4.79 Å². The maximum Gasteiger partial charge on any atom is 0.217 e. The van der Waals surface area contributed by atoms with Gasteiger partial charge in [0.15, 0.2) is 5.82 Å². The summed E-state index contributed by atoms with van der Waals surface area (Å²) in [7, 11) is 5.74. The van der Waals surface area contributed by atoms with Gasteiger partial charge in [0.25, 0.3) is 0 Å². The van der Waals surface area contributed by atoms with Crippen molar-refractivity contribution in [3.8, 4) is 11.4 Å². The van der Waals surface area contributed by atoms with E-state index in [0.717, 1.165) is 46.6 Å². The number of hydrogen-bond donors (Lipinski definition) is 1. The molecule has 1 aromatic carbocycles. The molecule has 1 fully saturated rings. The lowest BCUT2D eigenvalue weighted by Gasteiger charge is -2.22. The van der Waals surface area contributed by atoms with Crippen molar-refractivity contribution in [3.05, 3.63) is 66.5 Å². The molecule has 1 aliphatic heterocycles. The standard InChI is InChI=1S/C27H34N6O/c1-7-20(15-28-4)25-16-29-26(31-27(25)33-13-12-24(18-33)30-19(3)34)23-11-9-10-22(14-23)21(8-2)17-32(5)6/h7-11,14-17,24H,2,12-13,18H2,1,3-6H3,(H,30,34)/b20-7+,21-17+,28-15?. The minimum atomic E-state index is -0.0108. The number of aromatic nitrogens is 2. The van der Waals surface area contributed by atoms with Gasteiger partial charge in [-0.2, -0.15) is 0 Å². The summed E-state index contributed by atoms with van der Waals surface area (Å²) in [6.45, 7) is 9.01. The van der Waals surface area contributed by atoms with Gasteiger partial charge in [-0.05, 0) is 30.5 Å². The van der Waals surface area contributed by atoms with Gasteiger partial charge in [0.1, 0.15) is 5.82 Å². The number of allylic oxidation sites excluding steroid dienone is 4. The molecule has 0 radical (unpaired) electrons. The molecular formula is C27H34N6O. The summed E-state index contributed by atoms with van der Waals surface area (Å²) in [5, 5.41) is 3.03. The lowest BCUT2D eigenvalue weighted by atomic mass is 10.0. The summed E-state index contributed by atoms with van der Waals surface area (Å²) in [4.78, 5) is 29.7. The van der Waals surface area contributed by atoms with E-state index < -0.39 is 0 Å². The van der Waals surface area contributed by atoms with Crippen LogP contribution in [-0.4, -0.2) is 67.3 Å². The smallest absolute Gasteiger partial charge is 0.217 e. The first-order valence-electron chi connectivity index (χ1n) is 11.5. The second-order valence-corrected chi connectivity index (χ2v) is 8.53. The van der Waals surface area contributed by atoms with Crippen molar-refractivity contribution in [2.45, 2.75) is 26.3 Å². The summed E-state index contributed by atoms with van der Waals surface area (Å²) in [5.74, 6) is 1.49. The Morgan fingerprint density at radius 1 is 1.32 bits per heavy atom. The number of nitrogens with zero attached hydrogens (tertiary/aromatic N) is 5. The highest BCUT2D eigenvalue weighted by molar-refractivity contribution is 6.11. The number of carbonyl (C=O) groups excluding carboxylic acids is 1. The SMILES string of the molecule is C=C/C(=C\N(C)C)c1cccc(-c2ncc(/C(C=NC)=C/C)c(N3CCC(NC(C)=O)C3)n2)c1. The first-order chi connectivity index (χ1) is 16.4. The number of aliphatic imine (C=N–C) groups is 1. The van der Waals surface area contributed by atoms with Crippen LogP contribution in [0.2, 0.25) is 0 Å². The monoisotopic (exact) mass is 458 g/mol. The lowest BCUT2D eigenvalue weighted by Crippen LogP contribution is -2.36. The third-order valence-corrected chi connectivity index (χ3v) is 5.63. The number of rotatable bonds is 8. The first kappa shape index (κ1) is 24.9. The zero-order valence-electron chi connectivity index (χ0n) is 20.7. The highest BCUT2D eigenvalue weighted by atomic mass is 16.1. The van der Waals surface area contributed by atoms with Gasteiger partial charge in [0.05, 0.1) is 0 Å². The Morgan fingerprint density at radius 3 is 2.76 bits per heavy atom. The predicted molar refractivity (Wildman–Crippen MR) is 142 cm³/mol. The van der Waals surface area contributed by atoms with Crippen LogP contribution in [0, 0.1) is 0 Å². The molecule has 1 atom stereocenters. The zero-order chi connectivity index (χ0) is 24.7. The molecule has 0 bridgehead atoms. The van der Waals surface area contributed by atoms with Gasteiger partial charge >= 0.3 is 0 Å². The highest BCUT2D eigenvalue weighted by Crippen LogP contribution is 2.30. The van der Waals surface area contributed by atoms with Gasteiger partial charge in [-0.25, -0.2) is 9.97 Å². The molecule has 1 aromatic heterocycles. The van der Waals surface area contributed by atoms with Gasteiger partial charge in [0.2, 0.25) is 5.91 Å². The van der Waals surface area contributed by atoms with E-state index in [4.69, 9.17) is 9.97 Å². The molecule has 1 aliphatic rings. The van der Waals surface area contributed by atoms with Crippen LogP contribution in [0.4, 0.5) is 5.82 Å². The Bertz CT molecular complexity index is 1130. The number of anilines is 1. The molecule has 1 unspecified atom stereocenters. The van der Waals surface area contributed by atoms with E-state index in [1.807, 2.05) is 68.8 Å². The van der Waals surface area contributed by atoms with Crippen LogP contribution in [0.1, 0.15) is 31.4 Å². The van der Waals surface area contributed by atoms with Crippen molar-refractivity contribution >= 4 is 29.1 Å². The highest BCUT2D eigenvalue weighted by Gasteiger charge is 2.27. The van der Waals surface area contributed by atoms with Crippen LogP contribution in [-0.2, 0) is 4.79 Å². The molecule has 2 heterocycles. The third-order valence-electron chi connectivity index (χ3n) is 5.63. The number of hydrogen-bond acceptors (Lipinski definition) is 6. The van der Waals surface area contributed by atoms with Crippen LogP contribution in [0.3, 0.4) is 0 Å². The fraction of sp³-hybridized carbons (Fsp3) is 0.333. The molecule has 1 amide bonds. The van der Waals surface area contributed by atoms with Crippen LogP contribution in [0.15, 0.2) is 60.4 Å². The van der Waals surface area contributed by atoms with Crippen LogP contribution in [0.5, 0.6) is 0 Å². The third kappa shape index (κ3) is 5.98. The fourth-order valence-corrected chi connectivity index (χ4v) is 4.11. The van der Waals surface area contributed by atoms with Gasteiger partial charge in [-0.1, -0.05) is 36.9 Å². The fourth-order valence-electron chi connectivity index (χ4n) is 4.11. The maximum absolute atomic E-state index is 11.6. The second kappa shape index (κ2) is 11.4. The number of nitrogens with one attached hydrogen (secondary N) is 1. The molecule has 0 saturated carbocycles. The Hall–Kier alpha value is -3.74. The van der Waals surface area contributed by atoms with Crippen molar-refractivity contribution in [3.63, 3.8) is 0 Å². The molecule has 1 N–H and O–H groups in total. The normalized spacial score (nSPS) is 16.7. The molecule has 7 heteroatoms. The average molecular weight is 459 g/mol. The summed E-state index contributed by atoms with van der Waals surface area (Å²) in [5.41, 5.74) is 4.89. The van der Waals surface area contributed by atoms with Crippen LogP contribution < -0.4 is 10.2 Å². The lowest BCUT2D eigenvalue weighted by molar-refractivity contribution is -0.119. The van der Waals surface area contributed by atoms with E-state index >= 15 is 0 Å². The van der Waals surface area contributed by atoms with Crippen molar-refractivity contribution in [1.82, 2.24) is 20.2 Å². The minimum absolute atomic E-state index is 0.0108. The zero-order valence-corrected chi connectivity index (χ0v) is 20.7. The van der Waals surface area contributed by atoms with Crippen molar-refractivity contribution in [2.75, 3.05) is 39.1 Å². The quantitative estimate of drug-likeness (QED) is 0.477. The Balaban J connectivity index is 2.06. The molecule has 3 rings (SSSR count). The van der Waals surface area contributed by atoms with Crippen molar-refractivity contribution < 1.29 is 4.79 Å². The first-order valence-corrected chi connectivity index (χ1v) is 11.5. The van der Waals surface area contributed by atoms with E-state index in [2.05, 4.69) is 33.9 Å². The Kier molecular flexibility index (Phi) is 8.35. The van der Waals surface area contributed by atoms with E-state index in [1.54, 1.807) is 14.0 Å². The molecule has 178 valence electrons. The summed E-state index contributed by atoms with van der Waals surface area (Å²) in [6, 6.07) is 8.28. The van der Waals surface area contributed by atoms with E-state index in [0.29, 0.717) is 12.4 Å². The molecule has 1 saturated heterocycles. The summed E-state index contributed by atoms with van der Waals surface area (Å²) in [6.07, 6.45) is 10.5. The molecule has 7 nitrogen and oxygen atoms in total. The molecule has 2 aromatic rings. The topological polar surface area (TPSA) is 73.7 Å². The largest absolute Gasteiger partial charge is 0.383 e. The second-order valence-electron chi connectivity index (χ2n) is 8.53. The molecule has 0 spiro atoms. The Labute approximate surface area is 202 Å². The molecule has 34 heavy (non-hydrogen) atoms. The van der Waals surface area contributed by atoms with E-state index in [1.165, 1.54) is 0 Å². The van der Waals surface area contributed by atoms with Gasteiger partial charge in [-0.3, -0.25) is 9.79 Å². The van der Waals surface area contributed by atoms with Crippen molar-refractivity contribution in [1.29, 1.82) is 0 Å². The minimum Gasteiger partial charge on any atom is -0.383 e. The van der Waals surface area contributed by atoms with Crippen molar-refractivity contribution in [2.24, 2.45) is 4.99 Å². The maximum atomic E-state index is 11.6. The van der Waals surface area contributed by atoms with Gasteiger partial charge in [0, 0.05) is 82.5 Å². The summed E-state index contributed by atoms with van der Waals surface area (Å²) < 4.78 is 0. The van der Waals surface area contributed by atoms with Crippen LogP contribution >= 0.6 is 0 Å². The van der Waals surface area contributed by atoms with Gasteiger partial charge < -0.3 is 15.1 Å². The van der Waals surface area contributed by atoms with E-state index in [-0.39, 0.29) is 11.9 Å². The molecular weight excluding hydrogens is 424 g/mol. The summed E-state index contributed by atoms with van der Waals surface area (Å²) >= 11 is 0. The van der Waals surface area contributed by atoms with Gasteiger partial charge in [-0.15, -0.1) is 0 Å². The number of benzene rings is 1. The van der Waals surface area contributed by atoms with Crippen LogP contribution in [0.25, 0.3) is 22.5 Å².